The number of carbonyl (C=O) groups excluding carboxylic acids is 1. The number of hydrogen-bond acceptors (Lipinski definition) is 6. The van der Waals surface area contributed by atoms with E-state index in [1.54, 1.807) is 12.4 Å². The van der Waals surface area contributed by atoms with Crippen LogP contribution in [0, 0.1) is 0 Å². The second-order valence-corrected chi connectivity index (χ2v) is 10.1. The van der Waals surface area contributed by atoms with E-state index in [9.17, 15) is 9.00 Å². The van der Waals surface area contributed by atoms with E-state index < -0.39 is 10.8 Å². The van der Waals surface area contributed by atoms with Gasteiger partial charge in [-0.25, -0.2) is 0 Å². The highest BCUT2D eigenvalue weighted by molar-refractivity contribution is 7.85. The van der Waals surface area contributed by atoms with E-state index in [1.165, 1.54) is 0 Å². The van der Waals surface area contributed by atoms with Gasteiger partial charge in [0.1, 0.15) is 24.2 Å². The van der Waals surface area contributed by atoms with Crippen LogP contribution in [0.3, 0.4) is 0 Å². The fourth-order valence-corrected chi connectivity index (χ4v) is 4.89. The number of amides is 1. The third-order valence-corrected chi connectivity index (χ3v) is 7.11. The predicted molar refractivity (Wildman–Crippen MR) is 121 cm³/mol. The summed E-state index contributed by atoms with van der Waals surface area (Å²) in [6.45, 7) is 8.35. The average molecular weight is 444 g/mol. The van der Waals surface area contributed by atoms with Gasteiger partial charge in [-0.1, -0.05) is 20.8 Å². The minimum atomic E-state index is -1.10. The molecule has 1 fully saturated rings. The van der Waals surface area contributed by atoms with Crippen molar-refractivity contribution in [2.24, 2.45) is 0 Å². The van der Waals surface area contributed by atoms with Gasteiger partial charge in [0.15, 0.2) is 0 Å². The Bertz CT molecular complexity index is 981. The molecule has 1 saturated heterocycles. The molecule has 0 spiro atoms. The van der Waals surface area contributed by atoms with E-state index in [0.29, 0.717) is 26.1 Å². The van der Waals surface area contributed by atoms with Crippen LogP contribution in [-0.4, -0.2) is 57.6 Å². The largest absolute Gasteiger partial charge is 0.490 e. The third kappa shape index (κ3) is 4.69. The van der Waals surface area contributed by atoms with Gasteiger partial charge in [0, 0.05) is 36.9 Å². The molecule has 1 aromatic heterocycles. The molecular weight excluding hydrogens is 414 g/mol. The summed E-state index contributed by atoms with van der Waals surface area (Å²) < 4.78 is 24.6. The number of carbonyl (C=O) groups is 1. The molecule has 7 nitrogen and oxygen atoms in total. The Kier molecular flexibility index (Phi) is 6.46. The Hall–Kier alpha value is -2.61. The maximum atomic E-state index is 12.5. The molecule has 31 heavy (non-hydrogen) atoms. The minimum absolute atomic E-state index is 0.00929. The molecule has 2 atom stereocenters. The number of aromatic nitrogens is 1. The highest BCUT2D eigenvalue weighted by Crippen LogP contribution is 2.39. The van der Waals surface area contributed by atoms with Gasteiger partial charge in [0.05, 0.1) is 46.4 Å². The van der Waals surface area contributed by atoms with Crippen LogP contribution in [0.4, 0.5) is 11.4 Å². The Labute approximate surface area is 185 Å². The molecule has 0 aliphatic carbocycles. The van der Waals surface area contributed by atoms with Crippen molar-refractivity contribution in [2.45, 2.75) is 49.9 Å². The Balaban J connectivity index is 1.55. The topological polar surface area (TPSA) is 72.0 Å². The van der Waals surface area contributed by atoms with Crippen LogP contribution in [0.25, 0.3) is 0 Å². The molecule has 8 heteroatoms. The van der Waals surface area contributed by atoms with Crippen molar-refractivity contribution in [1.82, 2.24) is 9.88 Å². The van der Waals surface area contributed by atoms with Crippen LogP contribution in [-0.2, 0) is 15.6 Å². The van der Waals surface area contributed by atoms with Gasteiger partial charge in [0.2, 0.25) is 5.91 Å². The fourth-order valence-electron chi connectivity index (χ4n) is 3.94. The van der Waals surface area contributed by atoms with Crippen molar-refractivity contribution < 1.29 is 18.5 Å². The third-order valence-electron chi connectivity index (χ3n) is 5.57. The molecule has 0 N–H and O–H groups in total. The molecule has 2 unspecified atom stereocenters. The average Bonchev–Trinajstić information content (AvgIpc) is 3.26. The van der Waals surface area contributed by atoms with E-state index in [0.717, 1.165) is 40.7 Å². The first-order chi connectivity index (χ1) is 15.0. The van der Waals surface area contributed by atoms with Gasteiger partial charge in [-0.05, 0) is 18.2 Å². The van der Waals surface area contributed by atoms with Gasteiger partial charge < -0.3 is 19.3 Å². The van der Waals surface area contributed by atoms with E-state index in [1.807, 2.05) is 49.9 Å². The smallest absolute Gasteiger partial charge is 0.222 e. The molecule has 0 bridgehead atoms. The fraction of sp³-hybridized carbons (Fsp3) is 0.478. The number of nitrogens with zero attached hydrogens (tertiary/aromatic N) is 3. The van der Waals surface area contributed by atoms with Gasteiger partial charge in [-0.15, -0.1) is 0 Å². The van der Waals surface area contributed by atoms with E-state index in [2.05, 4.69) is 9.88 Å². The number of hydrogen-bond donors (Lipinski definition) is 0. The van der Waals surface area contributed by atoms with E-state index >= 15 is 0 Å². The molecule has 4 rings (SSSR count). The normalized spacial score (nSPS) is 19.2. The first kappa shape index (κ1) is 21.6. The molecule has 2 aromatic rings. The molecule has 1 aromatic carbocycles. The lowest BCUT2D eigenvalue weighted by Gasteiger charge is -2.31. The first-order valence-corrected chi connectivity index (χ1v) is 12.0. The summed E-state index contributed by atoms with van der Waals surface area (Å²) in [5.74, 6) is 1.70. The van der Waals surface area contributed by atoms with E-state index in [4.69, 9.17) is 9.47 Å². The van der Waals surface area contributed by atoms with Crippen LogP contribution in [0.5, 0.6) is 11.5 Å². The molecule has 3 heterocycles. The van der Waals surface area contributed by atoms with Gasteiger partial charge >= 0.3 is 0 Å². The van der Waals surface area contributed by atoms with Crippen LogP contribution in [0.15, 0.2) is 41.6 Å². The Morgan fingerprint density at radius 2 is 2.13 bits per heavy atom. The number of likely N-dealkylation sites (tertiary alicyclic amines) is 1. The number of benzene rings is 1. The highest BCUT2D eigenvalue weighted by Gasteiger charge is 2.28. The Morgan fingerprint density at radius 1 is 1.29 bits per heavy atom. The summed E-state index contributed by atoms with van der Waals surface area (Å²) in [6, 6.07) is 7.75. The summed E-state index contributed by atoms with van der Waals surface area (Å²) in [5.41, 5.74) is 1.78. The lowest BCUT2D eigenvalue weighted by Crippen LogP contribution is -2.30. The minimum Gasteiger partial charge on any atom is -0.490 e. The zero-order valence-electron chi connectivity index (χ0n) is 18.2. The number of rotatable bonds is 6. The molecule has 166 valence electrons. The second kappa shape index (κ2) is 9.26. The van der Waals surface area contributed by atoms with Crippen LogP contribution in [0.2, 0.25) is 0 Å². The van der Waals surface area contributed by atoms with Crippen LogP contribution in [0.1, 0.15) is 33.6 Å². The van der Waals surface area contributed by atoms with Crippen molar-refractivity contribution in [1.29, 1.82) is 0 Å². The quantitative estimate of drug-likeness (QED) is 0.680. The SMILES string of the molecule is CCC(=O)N1CCC(Oc2ccc3c(c2)N(c2cncc(S(=O)C(C)C)c2)CCO3)C1. The molecule has 2 aliphatic rings. The summed E-state index contributed by atoms with van der Waals surface area (Å²) >= 11 is 0. The second-order valence-electron chi connectivity index (χ2n) is 8.08. The lowest BCUT2D eigenvalue weighted by atomic mass is 10.2. The maximum absolute atomic E-state index is 12.5. The number of pyridine rings is 1. The van der Waals surface area contributed by atoms with Crippen LogP contribution >= 0.6 is 0 Å². The number of ether oxygens (including phenoxy) is 2. The van der Waals surface area contributed by atoms with Gasteiger partial charge in [-0.2, -0.15) is 0 Å². The standard InChI is InChI=1S/C23H29N3O4S/c1-4-23(27)25-8-7-19(15-25)30-18-5-6-22-21(12-18)26(9-10-29-22)17-11-20(14-24-13-17)31(28)16(2)3/h5-6,11-14,16,19H,4,7-10,15H2,1-3H3. The summed E-state index contributed by atoms with van der Waals surface area (Å²) in [4.78, 5) is 21.0. The van der Waals surface area contributed by atoms with Gasteiger partial charge in [0.25, 0.3) is 0 Å². The predicted octanol–water partition coefficient (Wildman–Crippen LogP) is 3.52. The number of fused-ring (bicyclic) bond motifs is 1. The molecular formula is C23H29N3O4S. The summed E-state index contributed by atoms with van der Waals surface area (Å²) in [6.07, 6.45) is 4.80. The first-order valence-electron chi connectivity index (χ1n) is 10.8. The maximum Gasteiger partial charge on any atom is 0.222 e. The van der Waals surface area contributed by atoms with Crippen molar-refractivity contribution in [2.75, 3.05) is 31.1 Å². The summed E-state index contributed by atoms with van der Waals surface area (Å²) in [7, 11) is -1.10. The van der Waals surface area contributed by atoms with Crippen molar-refractivity contribution in [3.05, 3.63) is 36.7 Å². The molecule has 0 saturated carbocycles. The highest BCUT2D eigenvalue weighted by atomic mass is 32.2. The zero-order valence-corrected chi connectivity index (χ0v) is 19.1. The Morgan fingerprint density at radius 3 is 2.90 bits per heavy atom. The van der Waals surface area contributed by atoms with Crippen molar-refractivity contribution in [3.63, 3.8) is 0 Å². The number of anilines is 2. The van der Waals surface area contributed by atoms with E-state index in [-0.39, 0.29) is 17.3 Å². The lowest BCUT2D eigenvalue weighted by molar-refractivity contribution is -0.130. The molecule has 0 radical (unpaired) electrons. The van der Waals surface area contributed by atoms with Crippen molar-refractivity contribution in [3.8, 4) is 11.5 Å². The van der Waals surface area contributed by atoms with Crippen LogP contribution < -0.4 is 14.4 Å². The zero-order chi connectivity index (χ0) is 22.0. The molecule has 1 amide bonds. The summed E-state index contributed by atoms with van der Waals surface area (Å²) in [5, 5.41) is 0.0274. The van der Waals surface area contributed by atoms with Gasteiger partial charge in [-0.3, -0.25) is 14.0 Å². The monoisotopic (exact) mass is 443 g/mol. The molecule has 2 aliphatic heterocycles. The van der Waals surface area contributed by atoms with Crippen molar-refractivity contribution >= 4 is 28.1 Å².